The zero-order valence-electron chi connectivity index (χ0n) is 4.63. The SMILES string of the molecule is C[C@@H]1CCO[P@@](Cl)O1. The van der Waals surface area contributed by atoms with Crippen molar-refractivity contribution in [1.82, 2.24) is 0 Å². The smallest absolute Gasteiger partial charge is 0.277 e. The van der Waals surface area contributed by atoms with E-state index in [1.807, 2.05) is 6.92 Å². The van der Waals surface area contributed by atoms with Gasteiger partial charge in [-0.05, 0) is 24.6 Å². The number of hydrogen-bond donors (Lipinski definition) is 0. The molecule has 1 rings (SSSR count). The summed E-state index contributed by atoms with van der Waals surface area (Å²) >= 11 is 5.53. The van der Waals surface area contributed by atoms with Crippen molar-refractivity contribution in [1.29, 1.82) is 0 Å². The largest absolute Gasteiger partial charge is 0.322 e. The van der Waals surface area contributed by atoms with Gasteiger partial charge in [0.1, 0.15) is 0 Å². The molecule has 0 aromatic heterocycles. The van der Waals surface area contributed by atoms with E-state index < -0.39 is 7.73 Å². The van der Waals surface area contributed by atoms with Crippen molar-refractivity contribution >= 4 is 19.0 Å². The Morgan fingerprint density at radius 1 is 1.75 bits per heavy atom. The minimum absolute atomic E-state index is 0.285. The van der Waals surface area contributed by atoms with Crippen LogP contribution in [0.2, 0.25) is 0 Å². The van der Waals surface area contributed by atoms with Crippen molar-refractivity contribution in [2.24, 2.45) is 0 Å². The third-order valence-corrected chi connectivity index (χ3v) is 2.42. The third-order valence-electron chi connectivity index (χ3n) is 0.980. The van der Waals surface area contributed by atoms with Crippen LogP contribution in [0.4, 0.5) is 0 Å². The molecule has 1 saturated heterocycles. The van der Waals surface area contributed by atoms with Crippen molar-refractivity contribution < 1.29 is 9.05 Å². The summed E-state index contributed by atoms with van der Waals surface area (Å²) in [5, 5.41) is 0. The summed E-state index contributed by atoms with van der Waals surface area (Å²) in [6, 6.07) is 0. The molecule has 0 amide bonds. The lowest BCUT2D eigenvalue weighted by Crippen LogP contribution is -2.12. The molecular weight excluding hydrogens is 146 g/mol. The van der Waals surface area contributed by atoms with Gasteiger partial charge in [-0.15, -0.1) is 0 Å². The van der Waals surface area contributed by atoms with Crippen LogP contribution in [0.15, 0.2) is 0 Å². The highest BCUT2D eigenvalue weighted by molar-refractivity contribution is 7.76. The Morgan fingerprint density at radius 2 is 2.50 bits per heavy atom. The van der Waals surface area contributed by atoms with E-state index >= 15 is 0 Å². The van der Waals surface area contributed by atoms with Crippen LogP contribution in [0, 0.1) is 0 Å². The third kappa shape index (κ3) is 1.87. The molecule has 0 radical (unpaired) electrons. The second kappa shape index (κ2) is 2.98. The fraction of sp³-hybridized carbons (Fsp3) is 1.00. The number of hydrogen-bond acceptors (Lipinski definition) is 2. The van der Waals surface area contributed by atoms with Gasteiger partial charge < -0.3 is 9.05 Å². The maximum atomic E-state index is 5.53. The summed E-state index contributed by atoms with van der Waals surface area (Å²) in [6.45, 7) is 2.75. The molecule has 1 aliphatic rings. The molecule has 0 spiro atoms. The molecule has 2 nitrogen and oxygen atoms in total. The van der Waals surface area contributed by atoms with E-state index in [1.54, 1.807) is 0 Å². The lowest BCUT2D eigenvalue weighted by Gasteiger charge is -2.21. The molecule has 0 N–H and O–H groups in total. The average Bonchev–Trinajstić information content (AvgIpc) is 1.64. The van der Waals surface area contributed by atoms with Crippen LogP contribution in [0.1, 0.15) is 13.3 Å². The summed E-state index contributed by atoms with van der Waals surface area (Å²) in [6.07, 6.45) is 1.25. The monoisotopic (exact) mass is 154 g/mol. The zero-order valence-corrected chi connectivity index (χ0v) is 6.28. The molecule has 1 fully saturated rings. The van der Waals surface area contributed by atoms with Crippen molar-refractivity contribution in [2.45, 2.75) is 19.4 Å². The lowest BCUT2D eigenvalue weighted by atomic mass is 10.3. The van der Waals surface area contributed by atoms with Gasteiger partial charge in [-0.3, -0.25) is 0 Å². The first-order valence-electron chi connectivity index (χ1n) is 2.54. The van der Waals surface area contributed by atoms with Crippen molar-refractivity contribution in [2.75, 3.05) is 6.61 Å². The quantitative estimate of drug-likeness (QED) is 0.499. The highest BCUT2D eigenvalue weighted by Gasteiger charge is 2.17. The van der Waals surface area contributed by atoms with Gasteiger partial charge in [0.25, 0.3) is 7.73 Å². The maximum absolute atomic E-state index is 5.53. The van der Waals surface area contributed by atoms with Gasteiger partial charge in [-0.1, -0.05) is 0 Å². The second-order valence-electron chi connectivity index (χ2n) is 1.75. The second-order valence-corrected chi connectivity index (χ2v) is 3.47. The Hall–Kier alpha value is 0.640. The van der Waals surface area contributed by atoms with E-state index in [9.17, 15) is 0 Å². The first-order valence-corrected chi connectivity index (χ1v) is 4.63. The average molecular weight is 155 g/mol. The maximum Gasteiger partial charge on any atom is 0.277 e. The van der Waals surface area contributed by atoms with Gasteiger partial charge in [0.2, 0.25) is 0 Å². The number of halogens is 1. The topological polar surface area (TPSA) is 18.5 Å². The fourth-order valence-electron chi connectivity index (χ4n) is 0.515. The predicted molar refractivity (Wildman–Crippen MR) is 33.9 cm³/mol. The lowest BCUT2D eigenvalue weighted by molar-refractivity contribution is 0.129. The summed E-state index contributed by atoms with van der Waals surface area (Å²) < 4.78 is 10.1. The molecule has 2 atom stereocenters. The van der Waals surface area contributed by atoms with E-state index in [0.717, 1.165) is 13.0 Å². The Bertz CT molecular complexity index is 72.4. The highest BCUT2D eigenvalue weighted by atomic mass is 35.7. The Balaban J connectivity index is 2.23. The Morgan fingerprint density at radius 3 is 2.88 bits per heavy atom. The van der Waals surface area contributed by atoms with Gasteiger partial charge in [0.05, 0.1) is 12.7 Å². The van der Waals surface area contributed by atoms with Crippen LogP contribution in [-0.4, -0.2) is 12.7 Å². The van der Waals surface area contributed by atoms with E-state index in [2.05, 4.69) is 0 Å². The van der Waals surface area contributed by atoms with Crippen LogP contribution in [-0.2, 0) is 9.05 Å². The zero-order chi connectivity index (χ0) is 5.98. The standard InChI is InChI=1S/C4H8ClO2P/c1-4-2-3-6-8(5)7-4/h4H,2-3H2,1H3/t4-,8-/m1/s1. The minimum Gasteiger partial charge on any atom is -0.322 e. The van der Waals surface area contributed by atoms with Crippen LogP contribution >= 0.6 is 19.0 Å². The van der Waals surface area contributed by atoms with Crippen molar-refractivity contribution in [3.8, 4) is 0 Å². The minimum atomic E-state index is -1.06. The summed E-state index contributed by atoms with van der Waals surface area (Å²) in [5.41, 5.74) is 0. The molecule has 1 aliphatic heterocycles. The van der Waals surface area contributed by atoms with Gasteiger partial charge in [0, 0.05) is 0 Å². The summed E-state index contributed by atoms with van der Waals surface area (Å²) in [5.74, 6) is 0. The number of rotatable bonds is 0. The van der Waals surface area contributed by atoms with Gasteiger partial charge >= 0.3 is 0 Å². The molecule has 48 valence electrons. The van der Waals surface area contributed by atoms with Crippen LogP contribution in [0.5, 0.6) is 0 Å². The molecule has 8 heavy (non-hydrogen) atoms. The molecule has 0 unspecified atom stereocenters. The molecule has 0 bridgehead atoms. The summed E-state index contributed by atoms with van der Waals surface area (Å²) in [7, 11) is -1.06. The van der Waals surface area contributed by atoms with Gasteiger partial charge in [-0.25, -0.2) is 0 Å². The Labute approximate surface area is 54.8 Å². The van der Waals surface area contributed by atoms with E-state index in [4.69, 9.17) is 20.3 Å². The first kappa shape index (κ1) is 6.76. The molecular formula is C4H8ClO2P. The van der Waals surface area contributed by atoms with E-state index in [0.29, 0.717) is 0 Å². The van der Waals surface area contributed by atoms with E-state index in [1.165, 1.54) is 0 Å². The van der Waals surface area contributed by atoms with Crippen LogP contribution in [0.3, 0.4) is 0 Å². The van der Waals surface area contributed by atoms with E-state index in [-0.39, 0.29) is 6.10 Å². The molecule has 0 saturated carbocycles. The highest BCUT2D eigenvalue weighted by Crippen LogP contribution is 2.47. The molecule has 0 aliphatic carbocycles. The molecule has 1 heterocycles. The first-order chi connectivity index (χ1) is 3.79. The Kier molecular flexibility index (Phi) is 2.51. The normalized spacial score (nSPS) is 39.8. The van der Waals surface area contributed by atoms with Gasteiger partial charge in [-0.2, -0.15) is 0 Å². The van der Waals surface area contributed by atoms with Gasteiger partial charge in [0.15, 0.2) is 0 Å². The summed E-state index contributed by atoms with van der Waals surface area (Å²) in [4.78, 5) is 0. The molecule has 0 aromatic carbocycles. The predicted octanol–water partition coefficient (Wildman–Crippen LogP) is 2.28. The fourth-order valence-corrected chi connectivity index (χ4v) is 1.83. The molecule has 4 heteroatoms. The van der Waals surface area contributed by atoms with Crippen LogP contribution in [0.25, 0.3) is 0 Å². The molecule has 0 aromatic rings. The van der Waals surface area contributed by atoms with Crippen LogP contribution < -0.4 is 0 Å². The van der Waals surface area contributed by atoms with Crippen molar-refractivity contribution in [3.05, 3.63) is 0 Å². The van der Waals surface area contributed by atoms with Crippen molar-refractivity contribution in [3.63, 3.8) is 0 Å².